The van der Waals surface area contributed by atoms with Crippen molar-refractivity contribution in [1.29, 1.82) is 5.26 Å². The van der Waals surface area contributed by atoms with Crippen LogP contribution in [0.4, 0.5) is 4.39 Å². The van der Waals surface area contributed by atoms with Crippen molar-refractivity contribution in [2.75, 3.05) is 13.2 Å². The van der Waals surface area contributed by atoms with Gasteiger partial charge in [0.25, 0.3) is 5.91 Å². The molecule has 1 unspecified atom stereocenters. The van der Waals surface area contributed by atoms with Crippen molar-refractivity contribution < 1.29 is 19.0 Å². The smallest absolute Gasteiger partial charge is 0.257 e. The third-order valence-corrected chi connectivity index (χ3v) is 2.34. The minimum atomic E-state index is -0.896. The number of carbonyl (C=O) groups excluding carboxylic acids is 1. The summed E-state index contributed by atoms with van der Waals surface area (Å²) in [5, 5.41) is 20.3. The number of hydrogen-bond donors (Lipinski definition) is 2. The Hall–Kier alpha value is -2.13. The topological polar surface area (TPSA) is 82.3 Å². The number of aliphatic hydroxyl groups is 1. The fourth-order valence-electron chi connectivity index (χ4n) is 1.43. The van der Waals surface area contributed by atoms with Gasteiger partial charge in [-0.1, -0.05) is 0 Å². The van der Waals surface area contributed by atoms with Gasteiger partial charge in [-0.3, -0.25) is 4.79 Å². The normalized spacial score (nSPS) is 11.5. The molecule has 5 nitrogen and oxygen atoms in total. The molecule has 0 aliphatic heterocycles. The second-order valence-corrected chi connectivity index (χ2v) is 3.90. The van der Waals surface area contributed by atoms with Gasteiger partial charge in [0.1, 0.15) is 11.6 Å². The molecule has 0 aliphatic rings. The van der Waals surface area contributed by atoms with Gasteiger partial charge in [0.15, 0.2) is 6.61 Å². The third kappa shape index (κ3) is 4.94. The summed E-state index contributed by atoms with van der Waals surface area (Å²) in [7, 11) is 0. The van der Waals surface area contributed by atoms with E-state index < -0.39 is 11.9 Å². The Kier molecular flexibility index (Phi) is 5.76. The molecule has 0 spiro atoms. The highest BCUT2D eigenvalue weighted by Crippen LogP contribution is 2.25. The first-order valence-corrected chi connectivity index (χ1v) is 5.78. The van der Waals surface area contributed by atoms with Crippen molar-refractivity contribution in [2.45, 2.75) is 19.4 Å². The van der Waals surface area contributed by atoms with Crippen LogP contribution in [0, 0.1) is 17.1 Å². The number of rotatable bonds is 6. The van der Waals surface area contributed by atoms with E-state index in [4.69, 9.17) is 10.00 Å². The zero-order chi connectivity index (χ0) is 14.3. The first kappa shape index (κ1) is 14.9. The number of amides is 1. The lowest BCUT2D eigenvalue weighted by Gasteiger charge is -2.13. The SMILES string of the molecule is CC(O)c1cc(F)ccc1OCC(=O)NCCC#N. The average molecular weight is 266 g/mol. The molecule has 0 saturated carbocycles. The highest BCUT2D eigenvalue weighted by atomic mass is 19.1. The van der Waals surface area contributed by atoms with E-state index in [0.717, 1.165) is 6.07 Å². The Labute approximate surface area is 110 Å². The molecule has 0 fully saturated rings. The van der Waals surface area contributed by atoms with Crippen molar-refractivity contribution in [1.82, 2.24) is 5.32 Å². The van der Waals surface area contributed by atoms with E-state index in [1.54, 1.807) is 0 Å². The number of carbonyl (C=O) groups is 1. The van der Waals surface area contributed by atoms with Crippen LogP contribution in [0.2, 0.25) is 0 Å². The maximum Gasteiger partial charge on any atom is 0.257 e. The highest BCUT2D eigenvalue weighted by Gasteiger charge is 2.12. The largest absolute Gasteiger partial charge is 0.483 e. The van der Waals surface area contributed by atoms with Crippen LogP contribution in [0.1, 0.15) is 25.0 Å². The highest BCUT2D eigenvalue weighted by molar-refractivity contribution is 5.77. The molecule has 102 valence electrons. The molecule has 2 N–H and O–H groups in total. The van der Waals surface area contributed by atoms with Gasteiger partial charge in [-0.2, -0.15) is 5.26 Å². The summed E-state index contributed by atoms with van der Waals surface area (Å²) in [6.45, 7) is 1.48. The Bertz CT molecular complexity index is 483. The van der Waals surface area contributed by atoms with Crippen LogP contribution >= 0.6 is 0 Å². The zero-order valence-corrected chi connectivity index (χ0v) is 10.5. The van der Waals surface area contributed by atoms with E-state index in [9.17, 15) is 14.3 Å². The number of hydrogen-bond acceptors (Lipinski definition) is 4. The Morgan fingerprint density at radius 2 is 2.37 bits per heavy atom. The van der Waals surface area contributed by atoms with E-state index in [-0.39, 0.29) is 36.8 Å². The van der Waals surface area contributed by atoms with Gasteiger partial charge in [0, 0.05) is 12.1 Å². The standard InChI is InChI=1S/C13H15FN2O3/c1-9(17)11-7-10(14)3-4-12(11)19-8-13(18)16-6-2-5-15/h3-4,7,9,17H,2,6,8H2,1H3,(H,16,18). The van der Waals surface area contributed by atoms with Crippen molar-refractivity contribution in [3.05, 3.63) is 29.6 Å². The van der Waals surface area contributed by atoms with Crippen LogP contribution < -0.4 is 10.1 Å². The molecule has 0 bridgehead atoms. The Morgan fingerprint density at radius 3 is 3.00 bits per heavy atom. The molecular formula is C13H15FN2O3. The number of nitriles is 1. The predicted octanol–water partition coefficient (Wildman–Crippen LogP) is 1.29. The molecule has 0 saturated heterocycles. The average Bonchev–Trinajstić information content (AvgIpc) is 2.37. The van der Waals surface area contributed by atoms with E-state index in [2.05, 4.69) is 5.32 Å². The summed E-state index contributed by atoms with van der Waals surface area (Å²) in [5.41, 5.74) is 0.282. The number of nitrogens with one attached hydrogen (secondary N) is 1. The van der Waals surface area contributed by atoms with Crippen molar-refractivity contribution >= 4 is 5.91 Å². The van der Waals surface area contributed by atoms with Gasteiger partial charge in [0.2, 0.25) is 0 Å². The molecular weight excluding hydrogens is 251 g/mol. The van der Waals surface area contributed by atoms with E-state index in [1.165, 1.54) is 19.1 Å². The minimum Gasteiger partial charge on any atom is -0.483 e. The fraction of sp³-hybridized carbons (Fsp3) is 0.385. The number of aliphatic hydroxyl groups excluding tert-OH is 1. The van der Waals surface area contributed by atoms with Gasteiger partial charge in [-0.15, -0.1) is 0 Å². The van der Waals surface area contributed by atoms with Gasteiger partial charge < -0.3 is 15.2 Å². The lowest BCUT2D eigenvalue weighted by molar-refractivity contribution is -0.123. The summed E-state index contributed by atoms with van der Waals surface area (Å²) < 4.78 is 18.3. The van der Waals surface area contributed by atoms with Crippen molar-refractivity contribution in [3.63, 3.8) is 0 Å². The van der Waals surface area contributed by atoms with E-state index in [0.29, 0.717) is 0 Å². The molecule has 19 heavy (non-hydrogen) atoms. The van der Waals surface area contributed by atoms with Gasteiger partial charge in [-0.05, 0) is 25.1 Å². The van der Waals surface area contributed by atoms with Crippen LogP contribution in [0.3, 0.4) is 0 Å². The Morgan fingerprint density at radius 1 is 1.63 bits per heavy atom. The zero-order valence-electron chi connectivity index (χ0n) is 10.5. The molecule has 1 rings (SSSR count). The first-order valence-electron chi connectivity index (χ1n) is 5.78. The monoisotopic (exact) mass is 266 g/mol. The molecule has 0 radical (unpaired) electrons. The van der Waals surface area contributed by atoms with Crippen LogP contribution in [-0.2, 0) is 4.79 Å². The summed E-state index contributed by atoms with van der Waals surface area (Å²) >= 11 is 0. The van der Waals surface area contributed by atoms with Gasteiger partial charge >= 0.3 is 0 Å². The van der Waals surface area contributed by atoms with Crippen molar-refractivity contribution in [3.8, 4) is 11.8 Å². The van der Waals surface area contributed by atoms with Crippen LogP contribution in [0.5, 0.6) is 5.75 Å². The number of nitrogens with zero attached hydrogens (tertiary/aromatic N) is 1. The molecule has 1 aromatic carbocycles. The maximum absolute atomic E-state index is 13.0. The van der Waals surface area contributed by atoms with E-state index >= 15 is 0 Å². The van der Waals surface area contributed by atoms with Crippen LogP contribution in [0.15, 0.2) is 18.2 Å². The molecule has 0 aromatic heterocycles. The summed E-state index contributed by atoms with van der Waals surface area (Å²) in [6, 6.07) is 5.61. The summed E-state index contributed by atoms with van der Waals surface area (Å²) in [4.78, 5) is 11.4. The second kappa shape index (κ2) is 7.34. The molecule has 1 atom stereocenters. The molecule has 6 heteroatoms. The lowest BCUT2D eigenvalue weighted by Crippen LogP contribution is -2.29. The second-order valence-electron chi connectivity index (χ2n) is 3.90. The number of halogens is 1. The number of benzene rings is 1. The number of ether oxygens (including phenoxy) is 1. The lowest BCUT2D eigenvalue weighted by atomic mass is 10.1. The summed E-state index contributed by atoms with van der Waals surface area (Å²) in [6.07, 6.45) is -0.673. The van der Waals surface area contributed by atoms with Crippen LogP contribution in [-0.4, -0.2) is 24.2 Å². The maximum atomic E-state index is 13.0. The van der Waals surface area contributed by atoms with Crippen molar-refractivity contribution in [2.24, 2.45) is 0 Å². The van der Waals surface area contributed by atoms with Crippen LogP contribution in [0.25, 0.3) is 0 Å². The summed E-state index contributed by atoms with van der Waals surface area (Å²) in [5.74, 6) is -0.607. The first-order chi connectivity index (χ1) is 9.04. The molecule has 0 heterocycles. The van der Waals surface area contributed by atoms with E-state index in [1.807, 2.05) is 6.07 Å². The molecule has 1 aromatic rings. The fourth-order valence-corrected chi connectivity index (χ4v) is 1.43. The molecule has 1 amide bonds. The van der Waals surface area contributed by atoms with Gasteiger partial charge in [-0.25, -0.2) is 4.39 Å². The Balaban J connectivity index is 2.58. The minimum absolute atomic E-state index is 0.223. The quantitative estimate of drug-likeness (QED) is 0.760. The van der Waals surface area contributed by atoms with Gasteiger partial charge in [0.05, 0.1) is 18.6 Å². The third-order valence-electron chi connectivity index (χ3n) is 2.34. The predicted molar refractivity (Wildman–Crippen MR) is 65.8 cm³/mol. The molecule has 0 aliphatic carbocycles.